The smallest absolute Gasteiger partial charge is 0.337 e. The van der Waals surface area contributed by atoms with Gasteiger partial charge in [-0.05, 0) is 19.3 Å². The Kier molecular flexibility index (Phi) is 6.30. The Morgan fingerprint density at radius 3 is 2.43 bits per heavy atom. The summed E-state index contributed by atoms with van der Waals surface area (Å²) >= 11 is 0. The lowest BCUT2D eigenvalue weighted by atomic mass is 9.82. The van der Waals surface area contributed by atoms with Gasteiger partial charge in [0.15, 0.2) is 6.29 Å². The first-order valence-electron chi connectivity index (χ1n) is 9.31. The van der Waals surface area contributed by atoms with Crippen LogP contribution in [0.1, 0.15) is 20.3 Å². The second-order valence-corrected chi connectivity index (χ2v) is 7.63. The van der Waals surface area contributed by atoms with Crippen molar-refractivity contribution >= 4 is 5.97 Å². The zero-order valence-electron chi connectivity index (χ0n) is 16.0. The fourth-order valence-corrected chi connectivity index (χ4v) is 4.42. The minimum Gasteiger partial charge on any atom is -0.469 e. The van der Waals surface area contributed by atoms with E-state index in [1.165, 1.54) is 7.11 Å². The number of hydrogen-bond acceptors (Lipinski definition) is 10. The van der Waals surface area contributed by atoms with Crippen LogP contribution in [0.15, 0.2) is 11.3 Å². The average molecular weight is 404 g/mol. The molecule has 0 aromatic carbocycles. The van der Waals surface area contributed by atoms with Crippen LogP contribution in [-0.4, -0.2) is 88.3 Å². The highest BCUT2D eigenvalue weighted by Gasteiger charge is 2.54. The first-order chi connectivity index (χ1) is 13.2. The molecule has 10 nitrogen and oxygen atoms in total. The Morgan fingerprint density at radius 2 is 1.82 bits per heavy atom. The number of rotatable bonds is 4. The fourth-order valence-electron chi connectivity index (χ4n) is 4.42. The fraction of sp³-hybridized carbons (Fsp3) is 0.833. The van der Waals surface area contributed by atoms with Crippen LogP contribution in [0.4, 0.5) is 0 Å². The zero-order valence-corrected chi connectivity index (χ0v) is 16.0. The van der Waals surface area contributed by atoms with Gasteiger partial charge in [-0.2, -0.15) is 0 Å². The number of hydrogen-bond donors (Lipinski definition) is 5. The molecule has 2 aliphatic heterocycles. The Hall–Kier alpha value is -1.27. The summed E-state index contributed by atoms with van der Waals surface area (Å²) in [5.74, 6) is -1.35. The number of aliphatic hydroxyl groups excluding tert-OH is 5. The van der Waals surface area contributed by atoms with Crippen LogP contribution in [0, 0.1) is 17.8 Å². The molecule has 0 aromatic rings. The molecule has 2 heterocycles. The molecular weight excluding hydrogens is 376 g/mol. The van der Waals surface area contributed by atoms with Crippen LogP contribution < -0.4 is 0 Å². The van der Waals surface area contributed by atoms with Gasteiger partial charge in [0, 0.05) is 11.8 Å². The van der Waals surface area contributed by atoms with E-state index in [0.29, 0.717) is 12.0 Å². The molecule has 160 valence electrons. The lowest BCUT2D eigenvalue weighted by molar-refractivity contribution is -0.344. The number of ether oxygens (including phenoxy) is 4. The number of esters is 1. The number of allylic oxidation sites excluding steroid dienone is 1. The molecule has 5 N–H and O–H groups in total. The Bertz CT molecular complexity index is 619. The van der Waals surface area contributed by atoms with Gasteiger partial charge in [0.25, 0.3) is 0 Å². The Morgan fingerprint density at radius 1 is 1.14 bits per heavy atom. The molecule has 3 aliphatic rings. The molecule has 0 amide bonds. The lowest BCUT2D eigenvalue weighted by Crippen LogP contribution is -2.60. The molecule has 0 bridgehead atoms. The predicted molar refractivity (Wildman–Crippen MR) is 91.2 cm³/mol. The van der Waals surface area contributed by atoms with Gasteiger partial charge in [-0.3, -0.25) is 0 Å². The molecule has 0 spiro atoms. The van der Waals surface area contributed by atoms with Crippen LogP contribution in [0.2, 0.25) is 0 Å². The molecular formula is C18H28O10. The number of carbonyl (C=O) groups excluding carboxylic acids is 1. The van der Waals surface area contributed by atoms with E-state index in [-0.39, 0.29) is 17.6 Å². The van der Waals surface area contributed by atoms with E-state index in [1.807, 2.05) is 0 Å². The van der Waals surface area contributed by atoms with E-state index in [4.69, 9.17) is 18.9 Å². The van der Waals surface area contributed by atoms with E-state index in [1.54, 1.807) is 13.8 Å². The van der Waals surface area contributed by atoms with Gasteiger partial charge >= 0.3 is 5.97 Å². The summed E-state index contributed by atoms with van der Waals surface area (Å²) in [5.41, 5.74) is 0.338. The molecule has 3 rings (SSSR count). The van der Waals surface area contributed by atoms with E-state index in [9.17, 15) is 30.3 Å². The largest absolute Gasteiger partial charge is 0.469 e. The zero-order chi connectivity index (χ0) is 20.7. The van der Waals surface area contributed by atoms with E-state index < -0.39 is 61.6 Å². The van der Waals surface area contributed by atoms with Gasteiger partial charge in [-0.1, -0.05) is 6.92 Å². The normalized spacial score (nSPS) is 46.1. The molecule has 28 heavy (non-hydrogen) atoms. The number of aliphatic hydroxyl groups is 5. The van der Waals surface area contributed by atoms with Crippen LogP contribution >= 0.6 is 0 Å². The number of fused-ring (bicyclic) bond motifs is 1. The number of carbonyl (C=O) groups is 1. The summed E-state index contributed by atoms with van der Waals surface area (Å²) in [5, 5.41) is 49.7. The van der Waals surface area contributed by atoms with Crippen LogP contribution in [-0.2, 0) is 23.7 Å². The van der Waals surface area contributed by atoms with Crippen LogP contribution in [0.3, 0.4) is 0 Å². The lowest BCUT2D eigenvalue weighted by Gasteiger charge is -2.43. The third kappa shape index (κ3) is 3.54. The SMILES string of the molecule is COC(=O)C1=C(C)OC(OC2OC(CO)C(O)C(O)C2O)C2C1CC(O)C2C. The molecule has 10 atom stereocenters. The Labute approximate surface area is 162 Å². The summed E-state index contributed by atoms with van der Waals surface area (Å²) in [7, 11) is 1.27. The molecule has 1 saturated carbocycles. The molecule has 0 aromatic heterocycles. The van der Waals surface area contributed by atoms with Crippen molar-refractivity contribution in [1.29, 1.82) is 0 Å². The summed E-state index contributed by atoms with van der Waals surface area (Å²) in [6.45, 7) is 2.81. The van der Waals surface area contributed by atoms with Crippen molar-refractivity contribution in [3.63, 3.8) is 0 Å². The maximum atomic E-state index is 12.2. The van der Waals surface area contributed by atoms with Crippen molar-refractivity contribution in [3.05, 3.63) is 11.3 Å². The Balaban J connectivity index is 1.86. The van der Waals surface area contributed by atoms with E-state index >= 15 is 0 Å². The maximum absolute atomic E-state index is 12.2. The predicted octanol–water partition coefficient (Wildman–Crippen LogP) is -1.76. The standard InChI is InChI=1S/C18H28O10/c1-6-9(20)4-8-11(6)17(26-7(2)12(8)16(24)25-3)28-18-15(23)14(22)13(21)10(5-19)27-18/h6,8-11,13-15,17-23H,4-5H2,1-3H3. The summed E-state index contributed by atoms with van der Waals surface area (Å²) in [4.78, 5) is 12.2. The van der Waals surface area contributed by atoms with Crippen LogP contribution in [0.5, 0.6) is 0 Å². The minimum absolute atomic E-state index is 0.281. The van der Waals surface area contributed by atoms with Crippen LogP contribution in [0.25, 0.3) is 0 Å². The monoisotopic (exact) mass is 404 g/mol. The van der Waals surface area contributed by atoms with Gasteiger partial charge in [0.1, 0.15) is 30.2 Å². The van der Waals surface area contributed by atoms with Gasteiger partial charge in [0.05, 0.1) is 25.4 Å². The van der Waals surface area contributed by atoms with Crippen molar-refractivity contribution in [1.82, 2.24) is 0 Å². The van der Waals surface area contributed by atoms with Gasteiger partial charge in [-0.25, -0.2) is 4.79 Å². The molecule has 2 fully saturated rings. The molecule has 1 saturated heterocycles. The van der Waals surface area contributed by atoms with Gasteiger partial charge < -0.3 is 44.5 Å². The van der Waals surface area contributed by atoms with E-state index in [0.717, 1.165) is 0 Å². The van der Waals surface area contributed by atoms with Crippen molar-refractivity contribution < 1.29 is 49.3 Å². The molecule has 10 unspecified atom stereocenters. The third-order valence-electron chi connectivity index (χ3n) is 6.05. The quantitative estimate of drug-likeness (QED) is 0.340. The minimum atomic E-state index is -1.58. The summed E-state index contributed by atoms with van der Waals surface area (Å²) < 4.78 is 21.8. The van der Waals surface area contributed by atoms with Crippen molar-refractivity contribution in [2.75, 3.05) is 13.7 Å². The summed E-state index contributed by atoms with van der Waals surface area (Å²) in [6, 6.07) is 0. The second-order valence-electron chi connectivity index (χ2n) is 7.63. The third-order valence-corrected chi connectivity index (χ3v) is 6.05. The maximum Gasteiger partial charge on any atom is 0.337 e. The van der Waals surface area contributed by atoms with Crippen molar-refractivity contribution in [3.8, 4) is 0 Å². The average Bonchev–Trinajstić information content (AvgIpc) is 2.96. The highest BCUT2D eigenvalue weighted by molar-refractivity contribution is 5.89. The second kappa shape index (κ2) is 8.23. The van der Waals surface area contributed by atoms with Crippen molar-refractivity contribution in [2.45, 2.75) is 63.4 Å². The number of methoxy groups -OCH3 is 1. The first-order valence-corrected chi connectivity index (χ1v) is 9.31. The highest BCUT2D eigenvalue weighted by Crippen LogP contribution is 2.49. The molecule has 10 heteroatoms. The molecule has 1 aliphatic carbocycles. The molecule has 0 radical (unpaired) electrons. The summed E-state index contributed by atoms with van der Waals surface area (Å²) in [6.07, 6.45) is -8.49. The highest BCUT2D eigenvalue weighted by atomic mass is 16.8. The van der Waals surface area contributed by atoms with E-state index in [2.05, 4.69) is 0 Å². The topological polar surface area (TPSA) is 155 Å². The van der Waals surface area contributed by atoms with Gasteiger partial charge in [0.2, 0.25) is 6.29 Å². The van der Waals surface area contributed by atoms with Crippen molar-refractivity contribution in [2.24, 2.45) is 17.8 Å². The first kappa shape index (κ1) is 21.4. The van der Waals surface area contributed by atoms with Gasteiger partial charge in [-0.15, -0.1) is 0 Å².